The number of nitrogens with one attached hydrogen (secondary N) is 2. The zero-order valence-corrected chi connectivity index (χ0v) is 8.38. The zero-order chi connectivity index (χ0) is 8.70. The van der Waals surface area contributed by atoms with Gasteiger partial charge >= 0.3 is 0 Å². The first-order valence-electron chi connectivity index (χ1n) is 3.90. The van der Waals surface area contributed by atoms with Gasteiger partial charge in [-0.3, -0.25) is 10.6 Å². The van der Waals surface area contributed by atoms with Crippen LogP contribution >= 0.6 is 12.2 Å². The smallest absolute Gasteiger partial charge is 0.0639 e. The van der Waals surface area contributed by atoms with Crippen molar-refractivity contribution in [1.29, 1.82) is 0 Å². The van der Waals surface area contributed by atoms with Crippen molar-refractivity contribution in [2.75, 3.05) is 0 Å². The van der Waals surface area contributed by atoms with E-state index >= 15 is 0 Å². The molecule has 0 aromatic carbocycles. The molecule has 64 valence electrons. The number of hydrogen-bond donors (Lipinski definition) is 2. The Kier molecular flexibility index (Phi) is 2.07. The summed E-state index contributed by atoms with van der Waals surface area (Å²) < 4.78 is 0. The fraction of sp³-hybridized carbons (Fsp3) is 0.875. The first-order valence-corrected chi connectivity index (χ1v) is 4.37. The second kappa shape index (κ2) is 2.51. The van der Waals surface area contributed by atoms with E-state index in [9.17, 15) is 0 Å². The van der Waals surface area contributed by atoms with Gasteiger partial charge < -0.3 is 0 Å². The third-order valence-electron chi connectivity index (χ3n) is 2.06. The molecule has 1 aliphatic rings. The minimum Gasteiger partial charge on any atom is -0.293 e. The summed E-state index contributed by atoms with van der Waals surface area (Å²) in [5.74, 6) is 0. The van der Waals surface area contributed by atoms with Gasteiger partial charge in [0.15, 0.2) is 0 Å². The molecule has 1 aliphatic heterocycles. The van der Waals surface area contributed by atoms with Crippen molar-refractivity contribution in [2.24, 2.45) is 0 Å². The topological polar surface area (TPSA) is 24.1 Å². The molecular weight excluding hydrogens is 156 g/mol. The summed E-state index contributed by atoms with van der Waals surface area (Å²) in [7, 11) is 0. The van der Waals surface area contributed by atoms with Crippen molar-refractivity contribution in [3.05, 3.63) is 0 Å². The van der Waals surface area contributed by atoms with Gasteiger partial charge in [-0.1, -0.05) is 12.2 Å². The highest BCUT2D eigenvalue weighted by Crippen LogP contribution is 2.21. The van der Waals surface area contributed by atoms with Crippen LogP contribution < -0.4 is 10.6 Å². The highest BCUT2D eigenvalue weighted by molar-refractivity contribution is 7.79. The predicted molar refractivity (Wildman–Crippen MR) is 51.9 cm³/mol. The monoisotopic (exact) mass is 172 g/mol. The predicted octanol–water partition coefficient (Wildman–Crippen LogP) is 1.06. The summed E-state index contributed by atoms with van der Waals surface area (Å²) >= 11 is 4.94. The van der Waals surface area contributed by atoms with Gasteiger partial charge in [0.2, 0.25) is 0 Å². The Hall–Kier alpha value is 0.01000. The second-order valence-electron chi connectivity index (χ2n) is 4.23. The van der Waals surface area contributed by atoms with E-state index in [0.717, 1.165) is 0 Å². The van der Waals surface area contributed by atoms with Crippen LogP contribution in [0.2, 0.25) is 0 Å². The SMILES string of the molecule is CC1(C)NC(C=S)C(C)(C)N1. The zero-order valence-electron chi connectivity index (χ0n) is 7.56. The molecule has 1 saturated heterocycles. The Morgan fingerprint density at radius 1 is 1.27 bits per heavy atom. The summed E-state index contributed by atoms with van der Waals surface area (Å²) in [6.07, 6.45) is 0. The fourth-order valence-corrected chi connectivity index (χ4v) is 2.10. The Morgan fingerprint density at radius 3 is 2.00 bits per heavy atom. The first kappa shape index (κ1) is 9.10. The molecule has 1 unspecified atom stereocenters. The quantitative estimate of drug-likeness (QED) is 0.578. The maximum Gasteiger partial charge on any atom is 0.0639 e. The van der Waals surface area contributed by atoms with Crippen molar-refractivity contribution in [2.45, 2.75) is 44.9 Å². The van der Waals surface area contributed by atoms with E-state index in [1.807, 2.05) is 0 Å². The van der Waals surface area contributed by atoms with Crippen LogP contribution in [0, 0.1) is 0 Å². The summed E-state index contributed by atoms with van der Waals surface area (Å²) in [6.45, 7) is 8.55. The third-order valence-corrected chi connectivity index (χ3v) is 2.34. The molecule has 0 saturated carbocycles. The molecule has 0 radical (unpaired) electrons. The molecule has 0 spiro atoms. The van der Waals surface area contributed by atoms with Crippen LogP contribution in [0.15, 0.2) is 0 Å². The standard InChI is InChI=1S/C8H16N2S/c1-7(2)6(5-11)9-8(3,4)10-7/h5-6,9-10H,1-4H3. The Bertz CT molecular complexity index is 175. The second-order valence-corrected chi connectivity index (χ2v) is 4.50. The molecule has 2 nitrogen and oxygen atoms in total. The summed E-state index contributed by atoms with van der Waals surface area (Å²) in [4.78, 5) is 0. The maximum absolute atomic E-state index is 4.94. The van der Waals surface area contributed by atoms with E-state index in [2.05, 4.69) is 38.3 Å². The normalized spacial score (nSPS) is 33.6. The molecule has 0 bridgehead atoms. The number of rotatable bonds is 1. The van der Waals surface area contributed by atoms with Gasteiger partial charge in [0, 0.05) is 5.54 Å². The lowest BCUT2D eigenvalue weighted by molar-refractivity contribution is 0.356. The van der Waals surface area contributed by atoms with Crippen molar-refractivity contribution in [3.63, 3.8) is 0 Å². The van der Waals surface area contributed by atoms with Crippen LogP contribution in [0.3, 0.4) is 0 Å². The Balaban J connectivity index is 2.79. The van der Waals surface area contributed by atoms with Gasteiger partial charge in [-0.2, -0.15) is 0 Å². The molecular formula is C8H16N2S. The van der Waals surface area contributed by atoms with E-state index in [0.29, 0.717) is 0 Å². The summed E-state index contributed by atoms with van der Waals surface area (Å²) in [5, 5.41) is 8.65. The van der Waals surface area contributed by atoms with Crippen molar-refractivity contribution in [1.82, 2.24) is 10.6 Å². The van der Waals surface area contributed by atoms with Crippen LogP contribution in [0.25, 0.3) is 0 Å². The van der Waals surface area contributed by atoms with E-state index in [1.165, 1.54) is 0 Å². The van der Waals surface area contributed by atoms with Crippen LogP contribution in [0.4, 0.5) is 0 Å². The average Bonchev–Trinajstić information content (AvgIpc) is 1.99. The van der Waals surface area contributed by atoms with Gasteiger partial charge in [0.25, 0.3) is 0 Å². The van der Waals surface area contributed by atoms with E-state index in [4.69, 9.17) is 12.2 Å². The van der Waals surface area contributed by atoms with E-state index < -0.39 is 0 Å². The van der Waals surface area contributed by atoms with Crippen LogP contribution in [-0.2, 0) is 0 Å². The van der Waals surface area contributed by atoms with Crippen LogP contribution in [0.1, 0.15) is 27.7 Å². The highest BCUT2D eigenvalue weighted by atomic mass is 32.1. The minimum absolute atomic E-state index is 0.00345. The summed E-state index contributed by atoms with van der Waals surface area (Å²) in [5.41, 5.74) is 0.0781. The molecule has 2 N–H and O–H groups in total. The van der Waals surface area contributed by atoms with Gasteiger partial charge in [0.1, 0.15) is 0 Å². The maximum atomic E-state index is 4.94. The van der Waals surface area contributed by atoms with Crippen molar-refractivity contribution < 1.29 is 0 Å². The molecule has 0 aromatic heterocycles. The average molecular weight is 172 g/mol. The first-order chi connectivity index (χ1) is 4.87. The summed E-state index contributed by atoms with van der Waals surface area (Å²) in [6, 6.07) is 0.285. The lowest BCUT2D eigenvalue weighted by Crippen LogP contribution is -2.47. The van der Waals surface area contributed by atoms with Gasteiger partial charge in [-0.15, -0.1) is 0 Å². The Labute approximate surface area is 73.7 Å². The van der Waals surface area contributed by atoms with Crippen LogP contribution in [-0.4, -0.2) is 22.6 Å². The van der Waals surface area contributed by atoms with Crippen LogP contribution in [0.5, 0.6) is 0 Å². The molecule has 1 atom stereocenters. The molecule has 0 aliphatic carbocycles. The van der Waals surface area contributed by atoms with E-state index in [-0.39, 0.29) is 17.2 Å². The van der Waals surface area contributed by atoms with Crippen molar-refractivity contribution >= 4 is 17.6 Å². The fourth-order valence-electron chi connectivity index (χ4n) is 1.69. The minimum atomic E-state index is 0.00345. The van der Waals surface area contributed by atoms with Gasteiger partial charge in [0.05, 0.1) is 11.7 Å². The molecule has 0 amide bonds. The number of thiocarbonyl (C=S) groups is 1. The van der Waals surface area contributed by atoms with Crippen molar-refractivity contribution in [3.8, 4) is 0 Å². The lowest BCUT2D eigenvalue weighted by atomic mass is 9.99. The number of hydrogen-bond acceptors (Lipinski definition) is 3. The molecule has 11 heavy (non-hydrogen) atoms. The molecule has 0 aromatic rings. The molecule has 1 heterocycles. The lowest BCUT2D eigenvalue weighted by Gasteiger charge is -2.24. The molecule has 1 rings (SSSR count). The molecule has 1 fully saturated rings. The largest absolute Gasteiger partial charge is 0.293 e. The molecule has 3 heteroatoms. The van der Waals surface area contributed by atoms with Gasteiger partial charge in [-0.25, -0.2) is 0 Å². The van der Waals surface area contributed by atoms with E-state index in [1.54, 1.807) is 5.37 Å². The highest BCUT2D eigenvalue weighted by Gasteiger charge is 2.41. The Morgan fingerprint density at radius 2 is 1.82 bits per heavy atom. The van der Waals surface area contributed by atoms with Gasteiger partial charge in [-0.05, 0) is 33.1 Å². The third kappa shape index (κ3) is 1.78.